The second-order valence-corrected chi connectivity index (χ2v) is 8.21. The maximum atomic E-state index is 5.41. The fraction of sp³-hybridized carbons (Fsp3) is 0.308. The number of H-pyrrole nitrogens is 2. The van der Waals surface area contributed by atoms with Crippen LogP contribution in [0.1, 0.15) is 30.4 Å². The molecule has 2 aromatic carbocycles. The number of methoxy groups -OCH3 is 1. The Labute approximate surface area is 177 Å². The molecule has 4 nitrogen and oxygen atoms in total. The zero-order valence-corrected chi connectivity index (χ0v) is 17.6. The van der Waals surface area contributed by atoms with Gasteiger partial charge in [-0.1, -0.05) is 24.3 Å². The molecule has 5 rings (SSSR count). The Morgan fingerprint density at radius 3 is 2.70 bits per heavy atom. The number of rotatable bonds is 7. The Morgan fingerprint density at radius 2 is 1.83 bits per heavy atom. The van der Waals surface area contributed by atoms with E-state index < -0.39 is 0 Å². The number of nitrogens with zero attached hydrogens (tertiary/aromatic N) is 1. The maximum Gasteiger partial charge on any atom is 0.119 e. The van der Waals surface area contributed by atoms with E-state index in [1.54, 1.807) is 7.11 Å². The standard InChI is InChI=1S/C26H29N3O/c1-30-21-9-10-26-23(16-21)24(18-28-26)19-11-14-29(15-12-19)13-5-4-6-20-17-27-25-8-3-2-7-22(20)25/h2-3,7-11,16-18,27-28H,4-6,12-15H2,1H3. The number of hydrogen-bond acceptors (Lipinski definition) is 2. The van der Waals surface area contributed by atoms with Crippen molar-refractivity contribution in [3.8, 4) is 5.75 Å². The summed E-state index contributed by atoms with van der Waals surface area (Å²) in [5.74, 6) is 0.914. The van der Waals surface area contributed by atoms with Crippen molar-refractivity contribution in [2.45, 2.75) is 25.7 Å². The Bertz CT molecular complexity index is 1180. The van der Waals surface area contributed by atoms with Crippen molar-refractivity contribution >= 4 is 27.4 Å². The number of hydrogen-bond donors (Lipinski definition) is 2. The molecule has 0 bridgehead atoms. The van der Waals surface area contributed by atoms with E-state index in [2.05, 4.69) is 69.7 Å². The molecule has 30 heavy (non-hydrogen) atoms. The Morgan fingerprint density at radius 1 is 0.967 bits per heavy atom. The molecule has 1 aliphatic rings. The van der Waals surface area contributed by atoms with E-state index in [9.17, 15) is 0 Å². The number of nitrogens with one attached hydrogen (secondary N) is 2. The normalized spacial score (nSPS) is 15.0. The lowest BCUT2D eigenvalue weighted by Crippen LogP contribution is -2.29. The summed E-state index contributed by atoms with van der Waals surface area (Å²) in [6.45, 7) is 3.35. The molecule has 4 aromatic rings. The van der Waals surface area contributed by atoms with Gasteiger partial charge in [0.05, 0.1) is 7.11 Å². The Hall–Kier alpha value is -2.98. The first-order chi connectivity index (χ1) is 14.8. The molecule has 0 atom stereocenters. The third kappa shape index (κ3) is 3.75. The monoisotopic (exact) mass is 399 g/mol. The van der Waals surface area contributed by atoms with Crippen LogP contribution in [0.25, 0.3) is 27.4 Å². The number of unbranched alkanes of at least 4 members (excludes halogenated alkanes) is 1. The van der Waals surface area contributed by atoms with Crippen LogP contribution in [0.3, 0.4) is 0 Å². The van der Waals surface area contributed by atoms with E-state index >= 15 is 0 Å². The van der Waals surface area contributed by atoms with Crippen LogP contribution in [-0.2, 0) is 6.42 Å². The molecule has 0 amide bonds. The van der Waals surface area contributed by atoms with Gasteiger partial charge >= 0.3 is 0 Å². The quantitative estimate of drug-likeness (QED) is 0.388. The molecule has 1 aliphatic heterocycles. The van der Waals surface area contributed by atoms with Gasteiger partial charge in [-0.3, -0.25) is 4.90 Å². The van der Waals surface area contributed by atoms with E-state index in [4.69, 9.17) is 4.74 Å². The number of aromatic nitrogens is 2. The minimum atomic E-state index is 0.914. The van der Waals surface area contributed by atoms with Crippen LogP contribution < -0.4 is 4.74 Å². The van der Waals surface area contributed by atoms with Gasteiger partial charge in [0.15, 0.2) is 0 Å². The first kappa shape index (κ1) is 19.0. The third-order valence-electron chi connectivity index (χ3n) is 6.37. The van der Waals surface area contributed by atoms with E-state index in [1.807, 2.05) is 6.07 Å². The fourth-order valence-corrected chi connectivity index (χ4v) is 4.64. The molecule has 0 saturated carbocycles. The lowest BCUT2D eigenvalue weighted by Gasteiger charge is -2.26. The average molecular weight is 400 g/mol. The summed E-state index contributed by atoms with van der Waals surface area (Å²) in [4.78, 5) is 9.37. The molecule has 3 heterocycles. The van der Waals surface area contributed by atoms with Crippen molar-refractivity contribution in [2.75, 3.05) is 26.7 Å². The van der Waals surface area contributed by atoms with Gasteiger partial charge in [-0.2, -0.15) is 0 Å². The van der Waals surface area contributed by atoms with Crippen molar-refractivity contribution in [3.05, 3.63) is 72.1 Å². The van der Waals surface area contributed by atoms with Crippen molar-refractivity contribution in [3.63, 3.8) is 0 Å². The highest BCUT2D eigenvalue weighted by molar-refractivity contribution is 5.93. The van der Waals surface area contributed by atoms with E-state index in [0.29, 0.717) is 0 Å². The zero-order chi connectivity index (χ0) is 20.3. The number of aryl methyl sites for hydroxylation is 1. The lowest BCUT2D eigenvalue weighted by atomic mass is 9.98. The molecule has 0 fully saturated rings. The molecule has 0 unspecified atom stereocenters. The van der Waals surface area contributed by atoms with Crippen LogP contribution in [0.5, 0.6) is 5.75 Å². The van der Waals surface area contributed by atoms with E-state index in [0.717, 1.165) is 31.7 Å². The molecule has 2 aromatic heterocycles. The molecule has 154 valence electrons. The van der Waals surface area contributed by atoms with Gasteiger partial charge in [0.2, 0.25) is 0 Å². The first-order valence-corrected chi connectivity index (χ1v) is 10.9. The Kier molecular flexibility index (Phi) is 5.33. The summed E-state index contributed by atoms with van der Waals surface area (Å²) >= 11 is 0. The molecular formula is C26H29N3O. The first-order valence-electron chi connectivity index (χ1n) is 10.9. The Balaban J connectivity index is 1.16. The van der Waals surface area contributed by atoms with Gasteiger partial charge in [-0.15, -0.1) is 0 Å². The minimum absolute atomic E-state index is 0.914. The lowest BCUT2D eigenvalue weighted by molar-refractivity contribution is 0.295. The maximum absolute atomic E-state index is 5.41. The molecule has 0 saturated heterocycles. The summed E-state index contributed by atoms with van der Waals surface area (Å²) < 4.78 is 5.41. The highest BCUT2D eigenvalue weighted by Crippen LogP contribution is 2.31. The van der Waals surface area contributed by atoms with Gasteiger partial charge in [-0.05, 0) is 67.6 Å². The molecular weight excluding hydrogens is 370 g/mol. The number of ether oxygens (including phenoxy) is 1. The van der Waals surface area contributed by atoms with Crippen LogP contribution in [-0.4, -0.2) is 41.6 Å². The molecule has 0 spiro atoms. The van der Waals surface area contributed by atoms with Gasteiger partial charge in [0.1, 0.15) is 5.75 Å². The largest absolute Gasteiger partial charge is 0.497 e. The van der Waals surface area contributed by atoms with Crippen molar-refractivity contribution < 1.29 is 4.74 Å². The van der Waals surface area contributed by atoms with E-state index in [1.165, 1.54) is 57.9 Å². The number of fused-ring (bicyclic) bond motifs is 2. The SMILES string of the molecule is COc1ccc2[nH]cc(C3=CCN(CCCCc4c[nH]c5ccccc45)CC3)c2c1. The van der Waals surface area contributed by atoms with Gasteiger partial charge in [-0.25, -0.2) is 0 Å². The number of benzene rings is 2. The number of aromatic amines is 2. The topological polar surface area (TPSA) is 44.0 Å². The van der Waals surface area contributed by atoms with Crippen molar-refractivity contribution in [1.82, 2.24) is 14.9 Å². The third-order valence-corrected chi connectivity index (χ3v) is 6.37. The van der Waals surface area contributed by atoms with Gasteiger partial charge < -0.3 is 14.7 Å². The second kappa shape index (κ2) is 8.41. The smallest absolute Gasteiger partial charge is 0.119 e. The second-order valence-electron chi connectivity index (χ2n) is 8.21. The predicted octanol–water partition coefficient (Wildman–Crippen LogP) is 5.77. The fourth-order valence-electron chi connectivity index (χ4n) is 4.64. The predicted molar refractivity (Wildman–Crippen MR) is 125 cm³/mol. The van der Waals surface area contributed by atoms with Crippen LogP contribution in [0.15, 0.2) is 60.9 Å². The van der Waals surface area contributed by atoms with Crippen molar-refractivity contribution in [1.29, 1.82) is 0 Å². The summed E-state index contributed by atoms with van der Waals surface area (Å²) in [6.07, 6.45) is 11.5. The summed E-state index contributed by atoms with van der Waals surface area (Å²) in [5, 5.41) is 2.63. The van der Waals surface area contributed by atoms with Crippen LogP contribution in [0, 0.1) is 0 Å². The van der Waals surface area contributed by atoms with Crippen LogP contribution >= 0.6 is 0 Å². The van der Waals surface area contributed by atoms with Gasteiger partial charge in [0, 0.05) is 52.9 Å². The number of para-hydroxylation sites is 1. The highest BCUT2D eigenvalue weighted by Gasteiger charge is 2.16. The molecule has 2 N–H and O–H groups in total. The summed E-state index contributed by atoms with van der Waals surface area (Å²) in [7, 11) is 1.73. The minimum Gasteiger partial charge on any atom is -0.497 e. The summed E-state index contributed by atoms with van der Waals surface area (Å²) in [6, 6.07) is 14.8. The summed E-state index contributed by atoms with van der Waals surface area (Å²) in [5.41, 5.74) is 6.64. The average Bonchev–Trinajstić information content (AvgIpc) is 3.41. The molecule has 0 aliphatic carbocycles. The van der Waals surface area contributed by atoms with Crippen LogP contribution in [0.2, 0.25) is 0 Å². The van der Waals surface area contributed by atoms with Crippen LogP contribution in [0.4, 0.5) is 0 Å². The van der Waals surface area contributed by atoms with E-state index in [-0.39, 0.29) is 0 Å². The van der Waals surface area contributed by atoms with Crippen molar-refractivity contribution in [2.24, 2.45) is 0 Å². The molecule has 4 heteroatoms. The van der Waals surface area contributed by atoms with Gasteiger partial charge in [0.25, 0.3) is 0 Å². The zero-order valence-electron chi connectivity index (χ0n) is 17.6. The molecule has 0 radical (unpaired) electrons. The highest BCUT2D eigenvalue weighted by atomic mass is 16.5.